The van der Waals surface area contributed by atoms with E-state index in [9.17, 15) is 18.0 Å². The Morgan fingerprint density at radius 1 is 1.04 bits per heavy atom. The van der Waals surface area contributed by atoms with Gasteiger partial charge in [-0.25, -0.2) is 9.50 Å². The summed E-state index contributed by atoms with van der Waals surface area (Å²) in [5, 5.41) is 4.40. The van der Waals surface area contributed by atoms with E-state index >= 15 is 0 Å². The number of benzene rings is 1. The summed E-state index contributed by atoms with van der Waals surface area (Å²) in [7, 11) is 0. The van der Waals surface area contributed by atoms with Crippen LogP contribution in [0, 0.1) is 0 Å². The second kappa shape index (κ2) is 7.09. The van der Waals surface area contributed by atoms with Gasteiger partial charge in [0.05, 0.1) is 5.69 Å². The number of aromatic nitrogens is 3. The van der Waals surface area contributed by atoms with Crippen molar-refractivity contribution >= 4 is 23.2 Å². The Morgan fingerprint density at radius 3 is 2.36 bits per heavy atom. The lowest BCUT2D eigenvalue weighted by Gasteiger charge is -2.25. The van der Waals surface area contributed by atoms with Gasteiger partial charge in [-0.15, -0.1) is 0 Å². The smallest absolute Gasteiger partial charge is 0.337 e. The quantitative estimate of drug-likeness (QED) is 0.618. The highest BCUT2D eigenvalue weighted by Crippen LogP contribution is 2.32. The van der Waals surface area contributed by atoms with Crippen molar-refractivity contribution in [3.05, 3.63) is 52.8 Å². The summed E-state index contributed by atoms with van der Waals surface area (Å²) in [6.45, 7) is 1.17. The van der Waals surface area contributed by atoms with Crippen LogP contribution in [0.15, 0.2) is 36.4 Å². The molecule has 1 fully saturated rings. The van der Waals surface area contributed by atoms with Gasteiger partial charge in [0.1, 0.15) is 0 Å². The molecular formula is C19H16ClF3N4O. The van der Waals surface area contributed by atoms with E-state index < -0.39 is 11.9 Å². The molecule has 1 aromatic carbocycles. The number of nitrogens with zero attached hydrogens (tertiary/aromatic N) is 4. The molecule has 3 heterocycles. The minimum Gasteiger partial charge on any atom is -0.337 e. The molecule has 0 saturated carbocycles. The van der Waals surface area contributed by atoms with E-state index in [2.05, 4.69) is 10.1 Å². The van der Waals surface area contributed by atoms with E-state index in [1.807, 2.05) is 0 Å². The molecule has 0 unspecified atom stereocenters. The standard InChI is InChI=1S/C19H16ClF3N4O/c20-13-6-4-12(5-7-13)14-10-16(19(21,22)23)27-17(24-14)11-15(25-27)18(28)26-8-2-1-3-9-26/h4-7,10-11H,1-3,8-9H2. The zero-order chi connectivity index (χ0) is 19.9. The van der Waals surface area contributed by atoms with E-state index in [4.69, 9.17) is 11.6 Å². The number of hydrogen-bond donors (Lipinski definition) is 0. The Kier molecular flexibility index (Phi) is 4.74. The third-order valence-electron chi connectivity index (χ3n) is 4.72. The topological polar surface area (TPSA) is 50.5 Å². The van der Waals surface area contributed by atoms with Gasteiger partial charge >= 0.3 is 6.18 Å². The van der Waals surface area contributed by atoms with Crippen molar-refractivity contribution in [2.75, 3.05) is 13.1 Å². The van der Waals surface area contributed by atoms with Crippen molar-refractivity contribution in [1.82, 2.24) is 19.5 Å². The lowest BCUT2D eigenvalue weighted by atomic mass is 10.1. The van der Waals surface area contributed by atoms with Crippen LogP contribution in [-0.2, 0) is 6.18 Å². The number of amides is 1. The number of alkyl halides is 3. The molecule has 146 valence electrons. The number of hydrogen-bond acceptors (Lipinski definition) is 3. The van der Waals surface area contributed by atoms with Crippen LogP contribution in [0.2, 0.25) is 5.02 Å². The van der Waals surface area contributed by atoms with Gasteiger partial charge < -0.3 is 4.90 Å². The molecular weight excluding hydrogens is 393 g/mol. The number of piperidine rings is 1. The average molecular weight is 409 g/mol. The van der Waals surface area contributed by atoms with Gasteiger partial charge in [-0.05, 0) is 37.5 Å². The van der Waals surface area contributed by atoms with E-state index in [0.29, 0.717) is 28.2 Å². The maximum Gasteiger partial charge on any atom is 0.433 e. The lowest BCUT2D eigenvalue weighted by molar-refractivity contribution is -0.142. The summed E-state index contributed by atoms with van der Waals surface area (Å²) in [5.74, 6) is -0.369. The fourth-order valence-corrected chi connectivity index (χ4v) is 3.43. The van der Waals surface area contributed by atoms with Crippen LogP contribution in [0.4, 0.5) is 13.2 Å². The number of halogens is 4. The van der Waals surface area contributed by atoms with Gasteiger partial charge in [0, 0.05) is 29.7 Å². The van der Waals surface area contributed by atoms with Crippen molar-refractivity contribution < 1.29 is 18.0 Å². The van der Waals surface area contributed by atoms with Gasteiger partial charge in [0.2, 0.25) is 0 Å². The van der Waals surface area contributed by atoms with Gasteiger partial charge in [-0.1, -0.05) is 23.7 Å². The maximum atomic E-state index is 13.6. The largest absolute Gasteiger partial charge is 0.433 e. The van der Waals surface area contributed by atoms with E-state index in [1.54, 1.807) is 29.2 Å². The van der Waals surface area contributed by atoms with Crippen molar-refractivity contribution in [3.63, 3.8) is 0 Å². The molecule has 1 amide bonds. The first-order chi connectivity index (χ1) is 13.3. The van der Waals surface area contributed by atoms with E-state index in [1.165, 1.54) is 6.07 Å². The Balaban J connectivity index is 1.82. The molecule has 1 aliphatic rings. The highest BCUT2D eigenvalue weighted by atomic mass is 35.5. The molecule has 28 heavy (non-hydrogen) atoms. The third-order valence-corrected chi connectivity index (χ3v) is 4.97. The highest BCUT2D eigenvalue weighted by molar-refractivity contribution is 6.30. The number of carbonyl (C=O) groups excluding carboxylic acids is 1. The molecule has 0 spiro atoms. The molecule has 5 nitrogen and oxygen atoms in total. The molecule has 9 heteroatoms. The minimum absolute atomic E-state index is 0.0277. The summed E-state index contributed by atoms with van der Waals surface area (Å²) in [4.78, 5) is 18.6. The average Bonchev–Trinajstić information content (AvgIpc) is 3.11. The second-order valence-electron chi connectivity index (χ2n) is 6.68. The van der Waals surface area contributed by atoms with Crippen molar-refractivity contribution in [2.45, 2.75) is 25.4 Å². The first-order valence-corrected chi connectivity index (χ1v) is 9.24. The highest BCUT2D eigenvalue weighted by Gasteiger charge is 2.36. The van der Waals surface area contributed by atoms with Gasteiger partial charge in [0.25, 0.3) is 5.91 Å². The van der Waals surface area contributed by atoms with Crippen LogP contribution < -0.4 is 0 Å². The summed E-state index contributed by atoms with van der Waals surface area (Å²) >= 11 is 5.85. The summed E-state index contributed by atoms with van der Waals surface area (Å²) in [6.07, 6.45) is -1.85. The van der Waals surface area contributed by atoms with Crippen LogP contribution in [0.5, 0.6) is 0 Å². The summed E-state index contributed by atoms with van der Waals surface area (Å²) in [6, 6.07) is 8.59. The fourth-order valence-electron chi connectivity index (χ4n) is 3.31. The second-order valence-corrected chi connectivity index (χ2v) is 7.12. The minimum atomic E-state index is -4.65. The van der Waals surface area contributed by atoms with Crippen molar-refractivity contribution in [1.29, 1.82) is 0 Å². The Hall–Kier alpha value is -2.61. The summed E-state index contributed by atoms with van der Waals surface area (Å²) < 4.78 is 41.6. The number of rotatable bonds is 2. The van der Waals surface area contributed by atoms with Gasteiger partial charge in [-0.3, -0.25) is 4.79 Å². The van der Waals surface area contributed by atoms with Crippen LogP contribution >= 0.6 is 11.6 Å². The summed E-state index contributed by atoms with van der Waals surface area (Å²) in [5.41, 5.74) is -0.427. The molecule has 4 rings (SSSR count). The maximum absolute atomic E-state index is 13.6. The lowest BCUT2D eigenvalue weighted by Crippen LogP contribution is -2.35. The number of likely N-dealkylation sites (tertiary alicyclic amines) is 1. The molecule has 0 aliphatic carbocycles. The van der Waals surface area contributed by atoms with Gasteiger partial charge in [-0.2, -0.15) is 18.3 Å². The zero-order valence-corrected chi connectivity index (χ0v) is 15.5. The number of carbonyl (C=O) groups is 1. The Bertz CT molecular complexity index is 1020. The first-order valence-electron chi connectivity index (χ1n) is 8.86. The zero-order valence-electron chi connectivity index (χ0n) is 14.7. The fraction of sp³-hybridized carbons (Fsp3) is 0.316. The van der Waals surface area contributed by atoms with Gasteiger partial charge in [0.15, 0.2) is 17.0 Å². The Labute approximate surface area is 163 Å². The van der Waals surface area contributed by atoms with E-state index in [-0.39, 0.29) is 22.9 Å². The predicted molar refractivity (Wildman–Crippen MR) is 98.2 cm³/mol. The molecule has 2 aromatic heterocycles. The molecule has 0 radical (unpaired) electrons. The van der Waals surface area contributed by atoms with Crippen LogP contribution in [0.1, 0.15) is 35.4 Å². The molecule has 3 aromatic rings. The molecule has 0 bridgehead atoms. The Morgan fingerprint density at radius 2 is 1.71 bits per heavy atom. The molecule has 1 aliphatic heterocycles. The first kappa shape index (κ1) is 18.7. The van der Waals surface area contributed by atoms with Crippen LogP contribution in [0.25, 0.3) is 16.9 Å². The molecule has 0 N–H and O–H groups in total. The molecule has 0 atom stereocenters. The van der Waals surface area contributed by atoms with E-state index in [0.717, 1.165) is 25.3 Å². The van der Waals surface area contributed by atoms with Crippen LogP contribution in [-0.4, -0.2) is 38.5 Å². The predicted octanol–water partition coefficient (Wildman–Crippen LogP) is 4.69. The number of fused-ring (bicyclic) bond motifs is 1. The SMILES string of the molecule is O=C(c1cc2nc(-c3ccc(Cl)cc3)cc(C(F)(F)F)n2n1)N1CCCCC1. The normalized spacial score (nSPS) is 15.2. The third kappa shape index (κ3) is 3.56. The van der Waals surface area contributed by atoms with Crippen molar-refractivity contribution in [3.8, 4) is 11.3 Å². The monoisotopic (exact) mass is 408 g/mol. The van der Waals surface area contributed by atoms with Crippen molar-refractivity contribution in [2.24, 2.45) is 0 Å². The van der Waals surface area contributed by atoms with Crippen LogP contribution in [0.3, 0.4) is 0 Å². The molecule has 1 saturated heterocycles.